The minimum absolute atomic E-state index is 0.197. The van der Waals surface area contributed by atoms with E-state index < -0.39 is 0 Å². The van der Waals surface area contributed by atoms with Crippen LogP contribution in [0.5, 0.6) is 5.75 Å². The Morgan fingerprint density at radius 1 is 1.33 bits per heavy atom. The molecule has 0 radical (unpaired) electrons. The SMILES string of the molecule is CCc1ccc(OC)c(C(CN)Cc2c(C)noc2C)c1. The van der Waals surface area contributed by atoms with Crippen LogP contribution >= 0.6 is 0 Å². The summed E-state index contributed by atoms with van der Waals surface area (Å²) in [6.45, 7) is 6.63. The number of hydrogen-bond donors (Lipinski definition) is 1. The molecular weight excluding hydrogens is 264 g/mol. The first-order valence-electron chi connectivity index (χ1n) is 7.39. The molecule has 2 N–H and O–H groups in total. The molecule has 0 aliphatic carbocycles. The summed E-state index contributed by atoms with van der Waals surface area (Å²) in [7, 11) is 1.70. The molecule has 0 saturated carbocycles. The predicted molar refractivity (Wildman–Crippen MR) is 83.8 cm³/mol. The minimum Gasteiger partial charge on any atom is -0.496 e. The lowest BCUT2D eigenvalue weighted by Crippen LogP contribution is -2.17. The van der Waals surface area contributed by atoms with E-state index in [0.717, 1.165) is 35.6 Å². The van der Waals surface area contributed by atoms with Crippen molar-refractivity contribution in [1.29, 1.82) is 0 Å². The lowest BCUT2D eigenvalue weighted by atomic mass is 9.89. The molecule has 0 fully saturated rings. The Balaban J connectivity index is 2.37. The van der Waals surface area contributed by atoms with Crippen molar-refractivity contribution in [3.63, 3.8) is 0 Å². The maximum Gasteiger partial charge on any atom is 0.137 e. The van der Waals surface area contributed by atoms with Crippen molar-refractivity contribution in [2.75, 3.05) is 13.7 Å². The molecule has 1 unspecified atom stereocenters. The minimum atomic E-state index is 0.197. The number of nitrogens with two attached hydrogens (primary N) is 1. The summed E-state index contributed by atoms with van der Waals surface area (Å²) in [6.07, 6.45) is 1.82. The van der Waals surface area contributed by atoms with E-state index in [-0.39, 0.29) is 5.92 Å². The normalized spacial score (nSPS) is 12.4. The van der Waals surface area contributed by atoms with E-state index >= 15 is 0 Å². The molecule has 2 rings (SSSR count). The Morgan fingerprint density at radius 3 is 2.62 bits per heavy atom. The third-order valence-electron chi connectivity index (χ3n) is 4.06. The van der Waals surface area contributed by atoms with Gasteiger partial charge in [-0.05, 0) is 50.4 Å². The highest BCUT2D eigenvalue weighted by Crippen LogP contribution is 2.31. The summed E-state index contributed by atoms with van der Waals surface area (Å²) < 4.78 is 10.8. The van der Waals surface area contributed by atoms with Crippen molar-refractivity contribution in [2.45, 2.75) is 39.5 Å². The van der Waals surface area contributed by atoms with Gasteiger partial charge in [0.05, 0.1) is 12.8 Å². The number of hydrogen-bond acceptors (Lipinski definition) is 4. The lowest BCUT2D eigenvalue weighted by molar-refractivity contribution is 0.391. The van der Waals surface area contributed by atoms with Crippen molar-refractivity contribution in [2.24, 2.45) is 5.73 Å². The zero-order valence-corrected chi connectivity index (χ0v) is 13.3. The van der Waals surface area contributed by atoms with Gasteiger partial charge in [0.1, 0.15) is 11.5 Å². The van der Waals surface area contributed by atoms with Gasteiger partial charge in [-0.25, -0.2) is 0 Å². The highest BCUT2D eigenvalue weighted by Gasteiger charge is 2.20. The molecule has 4 nitrogen and oxygen atoms in total. The second-order valence-electron chi connectivity index (χ2n) is 5.37. The van der Waals surface area contributed by atoms with Crippen molar-refractivity contribution in [1.82, 2.24) is 5.16 Å². The van der Waals surface area contributed by atoms with E-state index in [9.17, 15) is 0 Å². The number of ether oxygens (including phenoxy) is 1. The van der Waals surface area contributed by atoms with E-state index in [2.05, 4.69) is 24.2 Å². The Kier molecular flexibility index (Phi) is 5.02. The van der Waals surface area contributed by atoms with Crippen molar-refractivity contribution >= 4 is 0 Å². The van der Waals surface area contributed by atoms with Gasteiger partial charge in [0.15, 0.2) is 0 Å². The van der Waals surface area contributed by atoms with Crippen LogP contribution < -0.4 is 10.5 Å². The summed E-state index contributed by atoms with van der Waals surface area (Å²) in [5.74, 6) is 1.97. The number of benzene rings is 1. The molecule has 1 aromatic heterocycles. The van der Waals surface area contributed by atoms with Gasteiger partial charge < -0.3 is 15.0 Å². The van der Waals surface area contributed by atoms with Gasteiger partial charge in [-0.2, -0.15) is 0 Å². The van der Waals surface area contributed by atoms with Crippen LogP contribution in [0.1, 0.15) is 41.0 Å². The van der Waals surface area contributed by atoms with E-state index in [0.29, 0.717) is 6.54 Å². The van der Waals surface area contributed by atoms with E-state index in [1.165, 1.54) is 11.1 Å². The fourth-order valence-corrected chi connectivity index (χ4v) is 2.68. The summed E-state index contributed by atoms with van der Waals surface area (Å²) in [6, 6.07) is 6.34. The van der Waals surface area contributed by atoms with Gasteiger partial charge >= 0.3 is 0 Å². The van der Waals surface area contributed by atoms with Gasteiger partial charge in [0, 0.05) is 11.5 Å². The summed E-state index contributed by atoms with van der Waals surface area (Å²) in [5.41, 5.74) is 10.6. The smallest absolute Gasteiger partial charge is 0.137 e. The molecular formula is C17H24N2O2. The quantitative estimate of drug-likeness (QED) is 0.887. The number of rotatable bonds is 6. The van der Waals surface area contributed by atoms with Crippen LogP contribution in [-0.2, 0) is 12.8 Å². The van der Waals surface area contributed by atoms with Crippen LogP contribution in [0.25, 0.3) is 0 Å². The second kappa shape index (κ2) is 6.76. The fourth-order valence-electron chi connectivity index (χ4n) is 2.68. The first-order valence-corrected chi connectivity index (χ1v) is 7.39. The first-order chi connectivity index (χ1) is 10.1. The van der Waals surface area contributed by atoms with E-state index in [1.807, 2.05) is 19.9 Å². The van der Waals surface area contributed by atoms with Crippen LogP contribution in [0.4, 0.5) is 0 Å². The molecule has 114 valence electrons. The molecule has 1 aromatic carbocycles. The largest absolute Gasteiger partial charge is 0.496 e. The molecule has 4 heteroatoms. The monoisotopic (exact) mass is 288 g/mol. The third-order valence-corrected chi connectivity index (χ3v) is 4.06. The molecule has 0 amide bonds. The molecule has 2 aromatic rings. The summed E-state index contributed by atoms with van der Waals surface area (Å²) in [4.78, 5) is 0. The number of methoxy groups -OCH3 is 1. The van der Waals surface area contributed by atoms with Gasteiger partial charge in [0.2, 0.25) is 0 Å². The highest BCUT2D eigenvalue weighted by atomic mass is 16.5. The van der Waals surface area contributed by atoms with Crippen molar-refractivity contribution in [3.8, 4) is 5.75 Å². The second-order valence-corrected chi connectivity index (χ2v) is 5.37. The van der Waals surface area contributed by atoms with Gasteiger partial charge in [-0.3, -0.25) is 0 Å². The average Bonchev–Trinajstić information content (AvgIpc) is 2.83. The first kappa shape index (κ1) is 15.6. The van der Waals surface area contributed by atoms with Crippen LogP contribution in [-0.4, -0.2) is 18.8 Å². The lowest BCUT2D eigenvalue weighted by Gasteiger charge is -2.19. The topological polar surface area (TPSA) is 61.3 Å². The molecule has 0 aliphatic heterocycles. The molecule has 0 aliphatic rings. The molecule has 1 atom stereocenters. The Morgan fingerprint density at radius 2 is 2.10 bits per heavy atom. The Hall–Kier alpha value is -1.81. The van der Waals surface area contributed by atoms with Crippen LogP contribution in [0.2, 0.25) is 0 Å². The van der Waals surface area contributed by atoms with Crippen molar-refractivity contribution in [3.05, 3.63) is 46.3 Å². The van der Waals surface area contributed by atoms with E-state index in [4.69, 9.17) is 15.0 Å². The zero-order valence-electron chi connectivity index (χ0n) is 13.3. The number of nitrogens with zero attached hydrogens (tertiary/aromatic N) is 1. The van der Waals surface area contributed by atoms with Crippen LogP contribution in [0.3, 0.4) is 0 Å². The fraction of sp³-hybridized carbons (Fsp3) is 0.471. The standard InChI is InChI=1S/C17H24N2O2/c1-5-13-6-7-17(20-4)16(8-13)14(10-18)9-15-11(2)19-21-12(15)3/h6-8,14H,5,9-10,18H2,1-4H3. The number of aromatic nitrogens is 1. The highest BCUT2D eigenvalue weighted by molar-refractivity contribution is 5.41. The molecule has 21 heavy (non-hydrogen) atoms. The third kappa shape index (κ3) is 3.27. The summed E-state index contributed by atoms with van der Waals surface area (Å²) in [5, 5.41) is 4.03. The van der Waals surface area contributed by atoms with Crippen molar-refractivity contribution < 1.29 is 9.26 Å². The van der Waals surface area contributed by atoms with Gasteiger partial charge in [-0.1, -0.05) is 24.2 Å². The predicted octanol–water partition coefficient (Wildman–Crippen LogP) is 3.15. The Bertz CT molecular complexity index is 585. The van der Waals surface area contributed by atoms with E-state index in [1.54, 1.807) is 7.11 Å². The average molecular weight is 288 g/mol. The zero-order chi connectivity index (χ0) is 15.4. The van der Waals surface area contributed by atoms with Gasteiger partial charge in [-0.15, -0.1) is 0 Å². The van der Waals surface area contributed by atoms with Crippen LogP contribution in [0.15, 0.2) is 22.7 Å². The van der Waals surface area contributed by atoms with Crippen LogP contribution in [0, 0.1) is 13.8 Å². The maximum atomic E-state index is 6.03. The molecule has 0 bridgehead atoms. The molecule has 0 saturated heterocycles. The summed E-state index contributed by atoms with van der Waals surface area (Å²) >= 11 is 0. The van der Waals surface area contributed by atoms with Gasteiger partial charge in [0.25, 0.3) is 0 Å². The molecule has 0 spiro atoms. The molecule has 1 heterocycles. The Labute approximate surface area is 126 Å². The maximum absolute atomic E-state index is 6.03. The number of aryl methyl sites for hydroxylation is 3.